The molecule has 0 amide bonds. The van der Waals surface area contributed by atoms with Gasteiger partial charge in [-0.15, -0.1) is 0 Å². The average Bonchev–Trinajstić information content (AvgIpc) is 2.65. The molecule has 1 fully saturated rings. The summed E-state index contributed by atoms with van der Waals surface area (Å²) >= 11 is 0. The molecule has 26 heavy (non-hydrogen) atoms. The van der Waals surface area contributed by atoms with Crippen LogP contribution in [-0.4, -0.2) is 0 Å². The smallest absolute Gasteiger partial charge is 0.194 e. The number of rotatable bonds is 6. The molecule has 0 radical (unpaired) electrons. The van der Waals surface area contributed by atoms with Gasteiger partial charge in [-0.05, 0) is 53.5 Å². The molecule has 3 heteroatoms. The highest BCUT2D eigenvalue weighted by Gasteiger charge is 2.20. The van der Waals surface area contributed by atoms with Crippen molar-refractivity contribution in [2.45, 2.75) is 58.3 Å². The summed E-state index contributed by atoms with van der Waals surface area (Å²) in [5.74, 6) is -2.00. The number of hydrogen-bond acceptors (Lipinski definition) is 0. The van der Waals surface area contributed by atoms with Crippen molar-refractivity contribution in [2.24, 2.45) is 11.8 Å². The first-order chi connectivity index (χ1) is 12.6. The molecule has 0 saturated heterocycles. The number of benzene rings is 2. The molecule has 3 rings (SSSR count). The minimum atomic E-state index is -1.41. The maximum Gasteiger partial charge on any atom is 0.194 e. The number of hydrogen-bond donors (Lipinski definition) is 0. The van der Waals surface area contributed by atoms with E-state index in [-0.39, 0.29) is 0 Å². The highest BCUT2D eigenvalue weighted by Crippen LogP contribution is 2.34. The van der Waals surface area contributed by atoms with Gasteiger partial charge in [-0.3, -0.25) is 0 Å². The monoisotopic (exact) mass is 360 g/mol. The third-order valence-corrected chi connectivity index (χ3v) is 5.75. The molecule has 0 spiro atoms. The van der Waals surface area contributed by atoms with E-state index in [4.69, 9.17) is 0 Å². The van der Waals surface area contributed by atoms with Crippen LogP contribution >= 0.6 is 0 Å². The van der Waals surface area contributed by atoms with Crippen LogP contribution in [0.5, 0.6) is 0 Å². The van der Waals surface area contributed by atoms with Gasteiger partial charge in [-0.2, -0.15) is 0 Å². The van der Waals surface area contributed by atoms with Gasteiger partial charge < -0.3 is 0 Å². The molecule has 0 atom stereocenters. The van der Waals surface area contributed by atoms with Gasteiger partial charge in [-0.25, -0.2) is 13.2 Å². The summed E-state index contributed by atoms with van der Waals surface area (Å²) in [6.45, 7) is 2.26. The van der Waals surface area contributed by atoms with Crippen LogP contribution in [0.15, 0.2) is 36.4 Å². The summed E-state index contributed by atoms with van der Waals surface area (Å²) in [6, 6.07) is 9.86. The summed E-state index contributed by atoms with van der Waals surface area (Å²) in [5, 5.41) is 0. The van der Waals surface area contributed by atoms with E-state index < -0.39 is 17.5 Å². The molecule has 0 bridgehead atoms. The lowest BCUT2D eigenvalue weighted by Crippen LogP contribution is -2.15. The van der Waals surface area contributed by atoms with E-state index in [0.29, 0.717) is 5.56 Å². The van der Waals surface area contributed by atoms with Gasteiger partial charge in [-0.1, -0.05) is 69.7 Å². The Labute approximate surface area is 154 Å². The largest absolute Gasteiger partial charge is 0.204 e. The molecule has 140 valence electrons. The molecule has 2 aromatic rings. The summed E-state index contributed by atoms with van der Waals surface area (Å²) in [7, 11) is 0. The molecule has 1 saturated carbocycles. The zero-order valence-corrected chi connectivity index (χ0v) is 15.4. The number of halogens is 3. The van der Waals surface area contributed by atoms with Crippen molar-refractivity contribution < 1.29 is 13.2 Å². The summed E-state index contributed by atoms with van der Waals surface area (Å²) in [4.78, 5) is 0. The summed E-state index contributed by atoms with van der Waals surface area (Å²) in [6.07, 6.45) is 10.1. The molecule has 2 aromatic carbocycles. The molecule has 1 aliphatic rings. The second kappa shape index (κ2) is 8.75. The van der Waals surface area contributed by atoms with E-state index >= 15 is 0 Å². The average molecular weight is 360 g/mol. The Hall–Kier alpha value is -1.77. The van der Waals surface area contributed by atoms with Crippen LogP contribution in [0.3, 0.4) is 0 Å². The first-order valence-electron chi connectivity index (χ1n) is 9.80. The van der Waals surface area contributed by atoms with Crippen LogP contribution in [0, 0.1) is 29.3 Å². The van der Waals surface area contributed by atoms with Gasteiger partial charge in [0, 0.05) is 0 Å². The molecular formula is C23H27F3. The fraction of sp³-hybridized carbons (Fsp3) is 0.478. The van der Waals surface area contributed by atoms with Gasteiger partial charge in [0.05, 0.1) is 0 Å². The van der Waals surface area contributed by atoms with Crippen molar-refractivity contribution in [3.8, 4) is 11.1 Å². The van der Waals surface area contributed by atoms with E-state index in [1.54, 1.807) is 0 Å². The van der Waals surface area contributed by atoms with Crippen molar-refractivity contribution >= 4 is 0 Å². The van der Waals surface area contributed by atoms with Gasteiger partial charge in [0.2, 0.25) is 0 Å². The third-order valence-electron chi connectivity index (χ3n) is 5.75. The SMILES string of the molecule is CCCC1CCC(CCc2cccc(-c3cc(F)c(F)c(F)c3)c2)CC1. The fourth-order valence-electron chi connectivity index (χ4n) is 4.22. The Kier molecular flexibility index (Phi) is 6.39. The highest BCUT2D eigenvalue weighted by molar-refractivity contribution is 5.64. The quantitative estimate of drug-likeness (QED) is 0.474. The Morgan fingerprint density at radius 2 is 1.42 bits per heavy atom. The summed E-state index contributed by atoms with van der Waals surface area (Å²) in [5.41, 5.74) is 2.28. The molecule has 0 heterocycles. The molecule has 0 N–H and O–H groups in total. The third kappa shape index (κ3) is 4.69. The molecule has 0 aromatic heterocycles. The molecule has 0 aliphatic heterocycles. The Bertz CT molecular complexity index is 707. The second-order valence-corrected chi connectivity index (χ2v) is 7.67. The highest BCUT2D eigenvalue weighted by atomic mass is 19.2. The van der Waals surface area contributed by atoms with Gasteiger partial charge in [0.1, 0.15) is 0 Å². The van der Waals surface area contributed by atoms with Crippen LogP contribution in [-0.2, 0) is 6.42 Å². The molecule has 0 nitrogen and oxygen atoms in total. The van der Waals surface area contributed by atoms with Crippen LogP contribution < -0.4 is 0 Å². The van der Waals surface area contributed by atoms with Crippen LogP contribution in [0.2, 0.25) is 0 Å². The lowest BCUT2D eigenvalue weighted by molar-refractivity contribution is 0.252. The first kappa shape index (κ1) is 19.0. The van der Waals surface area contributed by atoms with E-state index in [2.05, 4.69) is 13.0 Å². The zero-order valence-electron chi connectivity index (χ0n) is 15.4. The van der Waals surface area contributed by atoms with Gasteiger partial charge in [0.25, 0.3) is 0 Å². The zero-order chi connectivity index (χ0) is 18.5. The van der Waals surface area contributed by atoms with Crippen molar-refractivity contribution in [2.75, 3.05) is 0 Å². The summed E-state index contributed by atoms with van der Waals surface area (Å²) < 4.78 is 40.1. The minimum absolute atomic E-state index is 0.378. The standard InChI is InChI=1S/C23H27F3/c1-2-4-16-7-9-17(10-8-16)11-12-18-5-3-6-19(13-18)20-14-21(24)23(26)22(25)15-20/h3,5-6,13-17H,2,4,7-12H2,1H3. The van der Waals surface area contributed by atoms with Crippen molar-refractivity contribution in [3.63, 3.8) is 0 Å². The van der Waals surface area contributed by atoms with Gasteiger partial charge >= 0.3 is 0 Å². The minimum Gasteiger partial charge on any atom is -0.204 e. The lowest BCUT2D eigenvalue weighted by Gasteiger charge is -2.28. The number of aryl methyl sites for hydroxylation is 1. The van der Waals surface area contributed by atoms with Crippen molar-refractivity contribution in [3.05, 3.63) is 59.4 Å². The molecular weight excluding hydrogens is 333 g/mol. The lowest BCUT2D eigenvalue weighted by atomic mass is 9.78. The first-order valence-corrected chi connectivity index (χ1v) is 9.80. The predicted molar refractivity (Wildman–Crippen MR) is 100 cm³/mol. The molecule has 1 aliphatic carbocycles. The Balaban J connectivity index is 1.62. The van der Waals surface area contributed by atoms with Gasteiger partial charge in [0.15, 0.2) is 17.5 Å². The van der Waals surface area contributed by atoms with E-state index in [1.807, 2.05) is 18.2 Å². The van der Waals surface area contributed by atoms with Crippen molar-refractivity contribution in [1.82, 2.24) is 0 Å². The van der Waals surface area contributed by atoms with E-state index in [1.165, 1.54) is 44.1 Å². The second-order valence-electron chi connectivity index (χ2n) is 7.67. The topological polar surface area (TPSA) is 0 Å². The molecule has 0 unspecified atom stereocenters. The van der Waals surface area contributed by atoms with Crippen LogP contribution in [0.25, 0.3) is 11.1 Å². The maximum atomic E-state index is 13.5. The van der Waals surface area contributed by atoms with E-state index in [9.17, 15) is 13.2 Å². The maximum absolute atomic E-state index is 13.5. The predicted octanol–water partition coefficient (Wildman–Crippen LogP) is 7.31. The Morgan fingerprint density at radius 3 is 2.04 bits per heavy atom. The van der Waals surface area contributed by atoms with Crippen LogP contribution in [0.1, 0.15) is 57.4 Å². The normalized spacial score (nSPS) is 20.3. The van der Waals surface area contributed by atoms with E-state index in [0.717, 1.165) is 42.4 Å². The Morgan fingerprint density at radius 1 is 0.808 bits per heavy atom. The fourth-order valence-corrected chi connectivity index (χ4v) is 4.22. The van der Waals surface area contributed by atoms with Crippen molar-refractivity contribution in [1.29, 1.82) is 0 Å². The van der Waals surface area contributed by atoms with Crippen LogP contribution in [0.4, 0.5) is 13.2 Å².